The molecule has 0 heterocycles. The Morgan fingerprint density at radius 2 is 2.00 bits per heavy atom. The summed E-state index contributed by atoms with van der Waals surface area (Å²) in [5, 5.41) is 11.7. The number of ether oxygens (including phenoxy) is 1. The van der Waals surface area contributed by atoms with Crippen LogP contribution in [-0.2, 0) is 9.59 Å². The Morgan fingerprint density at radius 3 is 2.53 bits per heavy atom. The Bertz CT molecular complexity index is 400. The van der Waals surface area contributed by atoms with E-state index in [4.69, 9.17) is 4.74 Å². The number of carbonyl (C=O) groups excluding carboxylic acids is 2. The summed E-state index contributed by atoms with van der Waals surface area (Å²) in [5.41, 5.74) is 0.343. The van der Waals surface area contributed by atoms with Crippen molar-refractivity contribution < 1.29 is 19.4 Å². The molecule has 0 aliphatic heterocycles. The summed E-state index contributed by atoms with van der Waals surface area (Å²) < 4.78 is 4.81. The Balaban J connectivity index is 3.02. The van der Waals surface area contributed by atoms with Gasteiger partial charge in [0.25, 0.3) is 0 Å². The third kappa shape index (κ3) is 3.30. The van der Waals surface area contributed by atoms with E-state index in [0.717, 1.165) is 0 Å². The quantitative estimate of drug-likeness (QED) is 0.437. The van der Waals surface area contributed by atoms with Gasteiger partial charge in [-0.05, 0) is 12.1 Å². The van der Waals surface area contributed by atoms with Gasteiger partial charge in [0.05, 0.1) is 5.69 Å². The van der Waals surface area contributed by atoms with Gasteiger partial charge in [-0.1, -0.05) is 0 Å². The van der Waals surface area contributed by atoms with Gasteiger partial charge in [-0.25, -0.2) is 0 Å². The molecule has 0 unspecified atom stereocenters. The maximum absolute atomic E-state index is 10.8. The fourth-order valence-electron chi connectivity index (χ4n) is 1.04. The lowest BCUT2D eigenvalue weighted by Crippen LogP contribution is -2.09. The summed E-state index contributed by atoms with van der Waals surface area (Å²) in [4.78, 5) is 21.6. The van der Waals surface area contributed by atoms with E-state index in [2.05, 4.69) is 5.32 Å². The van der Waals surface area contributed by atoms with Crippen molar-refractivity contribution in [3.63, 3.8) is 0 Å². The molecule has 80 valence electrons. The molecule has 0 fully saturated rings. The van der Waals surface area contributed by atoms with Crippen LogP contribution in [0.1, 0.15) is 13.8 Å². The van der Waals surface area contributed by atoms with Crippen molar-refractivity contribution in [2.45, 2.75) is 13.8 Å². The van der Waals surface area contributed by atoms with Crippen LogP contribution >= 0.6 is 0 Å². The minimum absolute atomic E-state index is 0.0413. The lowest BCUT2D eigenvalue weighted by molar-refractivity contribution is -0.131. The summed E-state index contributed by atoms with van der Waals surface area (Å²) in [6, 6.07) is 4.10. The zero-order chi connectivity index (χ0) is 11.4. The zero-order valence-electron chi connectivity index (χ0n) is 8.40. The Morgan fingerprint density at radius 1 is 1.33 bits per heavy atom. The van der Waals surface area contributed by atoms with E-state index in [1.54, 1.807) is 0 Å². The molecule has 0 bridgehead atoms. The van der Waals surface area contributed by atoms with Crippen molar-refractivity contribution >= 4 is 17.6 Å². The molecule has 0 spiro atoms. The average Bonchev–Trinajstić information content (AvgIpc) is 2.08. The van der Waals surface area contributed by atoms with Gasteiger partial charge in [0.2, 0.25) is 5.91 Å². The predicted molar refractivity (Wildman–Crippen MR) is 53.7 cm³/mol. The van der Waals surface area contributed by atoms with Crippen LogP contribution in [0.5, 0.6) is 11.5 Å². The lowest BCUT2D eigenvalue weighted by atomic mass is 10.2. The number of esters is 1. The molecule has 5 heteroatoms. The smallest absolute Gasteiger partial charge is 0.308 e. The number of phenolic OH excluding ortho intramolecular Hbond substituents is 1. The largest absolute Gasteiger partial charge is 0.508 e. The molecule has 0 aliphatic rings. The maximum atomic E-state index is 10.8. The summed E-state index contributed by atoms with van der Waals surface area (Å²) in [7, 11) is 0. The summed E-state index contributed by atoms with van der Waals surface area (Å²) >= 11 is 0. The van der Waals surface area contributed by atoms with E-state index >= 15 is 0 Å². The number of carbonyl (C=O) groups is 2. The van der Waals surface area contributed by atoms with E-state index in [0.29, 0.717) is 5.69 Å². The molecule has 0 aliphatic carbocycles. The fraction of sp³-hybridized carbons (Fsp3) is 0.200. The molecule has 0 atom stereocenters. The van der Waals surface area contributed by atoms with Crippen molar-refractivity contribution in [1.82, 2.24) is 0 Å². The molecule has 1 aromatic carbocycles. The monoisotopic (exact) mass is 209 g/mol. The number of benzene rings is 1. The predicted octanol–water partition coefficient (Wildman–Crippen LogP) is 1.28. The first-order valence-electron chi connectivity index (χ1n) is 4.28. The highest BCUT2D eigenvalue weighted by Gasteiger charge is 2.08. The van der Waals surface area contributed by atoms with Crippen molar-refractivity contribution in [2.24, 2.45) is 0 Å². The standard InChI is InChI=1S/C10H11NO4/c1-6(12)11-9-4-3-8(14)5-10(9)15-7(2)13/h3-5,14H,1-2H3,(H,11,12). The topological polar surface area (TPSA) is 75.6 Å². The zero-order valence-corrected chi connectivity index (χ0v) is 8.40. The summed E-state index contributed by atoms with van der Waals surface area (Å²) in [6.07, 6.45) is 0. The third-order valence-electron chi connectivity index (χ3n) is 1.53. The molecule has 1 rings (SSSR count). The van der Waals surface area contributed by atoms with E-state index in [1.807, 2.05) is 0 Å². The second kappa shape index (κ2) is 4.45. The SMILES string of the molecule is CC(=O)Nc1ccc(O)cc1OC(C)=O. The number of aromatic hydroxyl groups is 1. The molecule has 5 nitrogen and oxygen atoms in total. The second-order valence-electron chi connectivity index (χ2n) is 2.96. The van der Waals surface area contributed by atoms with E-state index in [1.165, 1.54) is 32.0 Å². The number of hydrogen-bond donors (Lipinski definition) is 2. The van der Waals surface area contributed by atoms with Gasteiger partial charge in [0.15, 0.2) is 5.75 Å². The van der Waals surface area contributed by atoms with E-state index < -0.39 is 5.97 Å². The fourth-order valence-corrected chi connectivity index (χ4v) is 1.04. The molecule has 0 saturated carbocycles. The van der Waals surface area contributed by atoms with Crippen molar-refractivity contribution in [2.75, 3.05) is 5.32 Å². The molecule has 1 amide bonds. The van der Waals surface area contributed by atoms with Crippen molar-refractivity contribution in [3.05, 3.63) is 18.2 Å². The Hall–Kier alpha value is -2.04. The van der Waals surface area contributed by atoms with Gasteiger partial charge in [0, 0.05) is 19.9 Å². The van der Waals surface area contributed by atoms with Crippen LogP contribution in [0.3, 0.4) is 0 Å². The molecule has 0 saturated heterocycles. The molecule has 0 radical (unpaired) electrons. The minimum Gasteiger partial charge on any atom is -0.508 e. The van der Waals surface area contributed by atoms with Gasteiger partial charge in [-0.15, -0.1) is 0 Å². The van der Waals surface area contributed by atoms with Crippen LogP contribution < -0.4 is 10.1 Å². The molecular weight excluding hydrogens is 198 g/mol. The normalized spacial score (nSPS) is 9.47. The van der Waals surface area contributed by atoms with Crippen LogP contribution in [0.2, 0.25) is 0 Å². The minimum atomic E-state index is -0.521. The number of phenols is 1. The Kier molecular flexibility index (Phi) is 3.28. The molecular formula is C10H11NO4. The number of nitrogens with one attached hydrogen (secondary N) is 1. The lowest BCUT2D eigenvalue weighted by Gasteiger charge is -2.09. The van der Waals surface area contributed by atoms with Crippen LogP contribution in [0.4, 0.5) is 5.69 Å². The molecule has 2 N–H and O–H groups in total. The van der Waals surface area contributed by atoms with Crippen LogP contribution in [0.25, 0.3) is 0 Å². The number of amides is 1. The first-order chi connectivity index (χ1) is 6.99. The van der Waals surface area contributed by atoms with Crippen molar-refractivity contribution in [1.29, 1.82) is 0 Å². The summed E-state index contributed by atoms with van der Waals surface area (Å²) in [5.74, 6) is -0.723. The van der Waals surface area contributed by atoms with Gasteiger partial charge in [0.1, 0.15) is 5.75 Å². The van der Waals surface area contributed by atoms with Gasteiger partial charge in [-0.2, -0.15) is 0 Å². The first-order valence-corrected chi connectivity index (χ1v) is 4.28. The highest BCUT2D eigenvalue weighted by molar-refractivity contribution is 5.91. The molecule has 15 heavy (non-hydrogen) atoms. The average molecular weight is 209 g/mol. The summed E-state index contributed by atoms with van der Waals surface area (Å²) in [6.45, 7) is 2.58. The maximum Gasteiger partial charge on any atom is 0.308 e. The Labute approximate surface area is 86.7 Å². The van der Waals surface area contributed by atoms with E-state index in [9.17, 15) is 14.7 Å². The van der Waals surface area contributed by atoms with Crippen LogP contribution in [0.15, 0.2) is 18.2 Å². The molecule has 1 aromatic rings. The van der Waals surface area contributed by atoms with Gasteiger partial charge in [-0.3, -0.25) is 9.59 Å². The first kappa shape index (κ1) is 11.0. The van der Waals surface area contributed by atoms with Crippen molar-refractivity contribution in [3.8, 4) is 11.5 Å². The number of hydrogen-bond acceptors (Lipinski definition) is 4. The highest BCUT2D eigenvalue weighted by Crippen LogP contribution is 2.28. The number of rotatable bonds is 2. The molecule has 0 aromatic heterocycles. The van der Waals surface area contributed by atoms with Crippen LogP contribution in [0, 0.1) is 0 Å². The van der Waals surface area contributed by atoms with E-state index in [-0.39, 0.29) is 17.4 Å². The highest BCUT2D eigenvalue weighted by atomic mass is 16.5. The second-order valence-corrected chi connectivity index (χ2v) is 2.96. The third-order valence-corrected chi connectivity index (χ3v) is 1.53. The van der Waals surface area contributed by atoms with Crippen LogP contribution in [-0.4, -0.2) is 17.0 Å². The van der Waals surface area contributed by atoms with Gasteiger partial charge >= 0.3 is 5.97 Å². The number of anilines is 1. The van der Waals surface area contributed by atoms with Gasteiger partial charge < -0.3 is 15.2 Å².